The first-order valence-corrected chi connectivity index (χ1v) is 9.02. The molecule has 26 heavy (non-hydrogen) atoms. The molecule has 0 aliphatic rings. The van der Waals surface area contributed by atoms with Crippen molar-refractivity contribution in [2.45, 2.75) is 46.4 Å². The minimum atomic E-state index is 0.580. The summed E-state index contributed by atoms with van der Waals surface area (Å²) in [5.74, 6) is 1.57. The van der Waals surface area contributed by atoms with E-state index in [9.17, 15) is 0 Å². The van der Waals surface area contributed by atoms with Gasteiger partial charge >= 0.3 is 0 Å². The standard InChI is InChI=1S/C20H25N5O/c1-3-4-13-25-20(22-23-24-25)21-14-17-9-11-19(12-10-17)26-15-18-8-6-5-7-16(18)2/h5-12H,3-4,13-15H2,1-2H3,(H,21,22,24). The Kier molecular flexibility index (Phi) is 6.19. The number of nitrogens with zero attached hydrogens (tertiary/aromatic N) is 4. The molecular formula is C20H25N5O. The lowest BCUT2D eigenvalue weighted by Gasteiger charge is -2.10. The number of aryl methyl sites for hydroxylation is 2. The Bertz CT molecular complexity index is 813. The van der Waals surface area contributed by atoms with Crippen molar-refractivity contribution in [3.05, 3.63) is 65.2 Å². The van der Waals surface area contributed by atoms with E-state index in [4.69, 9.17) is 4.74 Å². The third-order valence-electron chi connectivity index (χ3n) is 4.28. The molecule has 0 saturated heterocycles. The molecule has 2 aromatic carbocycles. The fourth-order valence-electron chi connectivity index (χ4n) is 2.61. The van der Waals surface area contributed by atoms with Crippen molar-refractivity contribution in [1.29, 1.82) is 0 Å². The van der Waals surface area contributed by atoms with E-state index in [1.807, 2.05) is 28.9 Å². The van der Waals surface area contributed by atoms with E-state index in [2.05, 4.69) is 59.0 Å². The van der Waals surface area contributed by atoms with Crippen LogP contribution in [0.4, 0.5) is 5.95 Å². The minimum absolute atomic E-state index is 0.580. The fourth-order valence-corrected chi connectivity index (χ4v) is 2.61. The summed E-state index contributed by atoms with van der Waals surface area (Å²) in [6.07, 6.45) is 2.18. The monoisotopic (exact) mass is 351 g/mol. The van der Waals surface area contributed by atoms with E-state index in [1.165, 1.54) is 11.1 Å². The fraction of sp³-hybridized carbons (Fsp3) is 0.350. The Morgan fingerprint density at radius 2 is 1.88 bits per heavy atom. The molecule has 0 saturated carbocycles. The lowest BCUT2D eigenvalue weighted by molar-refractivity contribution is 0.305. The van der Waals surface area contributed by atoms with Crippen LogP contribution in [-0.4, -0.2) is 20.2 Å². The van der Waals surface area contributed by atoms with Gasteiger partial charge in [0.2, 0.25) is 5.95 Å². The van der Waals surface area contributed by atoms with Gasteiger partial charge < -0.3 is 10.1 Å². The number of nitrogens with one attached hydrogen (secondary N) is 1. The Balaban J connectivity index is 1.52. The van der Waals surface area contributed by atoms with E-state index < -0.39 is 0 Å². The highest BCUT2D eigenvalue weighted by atomic mass is 16.5. The summed E-state index contributed by atoms with van der Waals surface area (Å²) in [7, 11) is 0. The Labute approximate surface area is 154 Å². The molecule has 6 nitrogen and oxygen atoms in total. The van der Waals surface area contributed by atoms with Gasteiger partial charge in [-0.1, -0.05) is 54.8 Å². The van der Waals surface area contributed by atoms with Crippen LogP contribution in [-0.2, 0) is 19.7 Å². The summed E-state index contributed by atoms with van der Waals surface area (Å²) >= 11 is 0. The van der Waals surface area contributed by atoms with Crippen LogP contribution in [0.15, 0.2) is 48.5 Å². The number of ether oxygens (including phenoxy) is 1. The van der Waals surface area contributed by atoms with Gasteiger partial charge in [-0.05, 0) is 52.6 Å². The van der Waals surface area contributed by atoms with Gasteiger partial charge in [0.1, 0.15) is 12.4 Å². The molecule has 0 atom stereocenters. The van der Waals surface area contributed by atoms with Gasteiger partial charge in [-0.3, -0.25) is 0 Å². The average molecular weight is 351 g/mol. The summed E-state index contributed by atoms with van der Waals surface area (Å²) in [4.78, 5) is 0. The number of tetrazole rings is 1. The van der Waals surface area contributed by atoms with Crippen molar-refractivity contribution < 1.29 is 4.74 Å². The van der Waals surface area contributed by atoms with Crippen LogP contribution in [0, 0.1) is 6.92 Å². The molecule has 0 aliphatic carbocycles. The average Bonchev–Trinajstić information content (AvgIpc) is 3.12. The number of aromatic nitrogens is 4. The maximum absolute atomic E-state index is 5.88. The molecule has 1 N–H and O–H groups in total. The molecule has 0 unspecified atom stereocenters. The molecule has 0 aliphatic heterocycles. The molecule has 6 heteroatoms. The number of anilines is 1. The predicted molar refractivity (Wildman–Crippen MR) is 102 cm³/mol. The first-order valence-electron chi connectivity index (χ1n) is 9.02. The second kappa shape index (κ2) is 8.99. The zero-order chi connectivity index (χ0) is 18.2. The quantitative estimate of drug-likeness (QED) is 0.632. The highest BCUT2D eigenvalue weighted by molar-refractivity contribution is 5.32. The molecule has 0 bridgehead atoms. The summed E-state index contributed by atoms with van der Waals surface area (Å²) in [5.41, 5.74) is 3.60. The van der Waals surface area contributed by atoms with Crippen LogP contribution in [0.3, 0.4) is 0 Å². The summed E-state index contributed by atoms with van der Waals surface area (Å²) < 4.78 is 7.69. The summed E-state index contributed by atoms with van der Waals surface area (Å²) in [6.45, 7) is 6.33. The van der Waals surface area contributed by atoms with E-state index in [-0.39, 0.29) is 0 Å². The normalized spacial score (nSPS) is 10.7. The third-order valence-corrected chi connectivity index (χ3v) is 4.28. The first-order chi connectivity index (χ1) is 12.8. The van der Waals surface area contributed by atoms with Crippen LogP contribution in [0.5, 0.6) is 5.75 Å². The van der Waals surface area contributed by atoms with E-state index in [0.29, 0.717) is 19.1 Å². The predicted octanol–water partition coefficient (Wildman–Crippen LogP) is 3.97. The molecule has 3 rings (SSSR count). The second-order valence-electron chi connectivity index (χ2n) is 6.29. The van der Waals surface area contributed by atoms with Gasteiger partial charge in [-0.25, -0.2) is 4.68 Å². The molecular weight excluding hydrogens is 326 g/mol. The van der Waals surface area contributed by atoms with Gasteiger partial charge in [0, 0.05) is 13.1 Å². The van der Waals surface area contributed by atoms with E-state index in [0.717, 1.165) is 30.7 Å². The topological polar surface area (TPSA) is 64.9 Å². The van der Waals surface area contributed by atoms with Crippen LogP contribution >= 0.6 is 0 Å². The number of unbranched alkanes of at least 4 members (excludes halogenated alkanes) is 1. The van der Waals surface area contributed by atoms with E-state index in [1.54, 1.807) is 0 Å². The lowest BCUT2D eigenvalue weighted by atomic mass is 10.1. The maximum Gasteiger partial charge on any atom is 0.243 e. The van der Waals surface area contributed by atoms with Crippen LogP contribution in [0.25, 0.3) is 0 Å². The smallest absolute Gasteiger partial charge is 0.243 e. The van der Waals surface area contributed by atoms with Crippen molar-refractivity contribution in [1.82, 2.24) is 20.2 Å². The van der Waals surface area contributed by atoms with Gasteiger partial charge in [0.15, 0.2) is 0 Å². The number of rotatable bonds is 9. The molecule has 0 fully saturated rings. The van der Waals surface area contributed by atoms with Crippen LogP contribution < -0.4 is 10.1 Å². The Hall–Kier alpha value is -2.89. The van der Waals surface area contributed by atoms with Crippen molar-refractivity contribution in [2.75, 3.05) is 5.32 Å². The highest BCUT2D eigenvalue weighted by Gasteiger charge is 2.05. The molecule has 0 radical (unpaired) electrons. The first kappa shape index (κ1) is 17.9. The van der Waals surface area contributed by atoms with Gasteiger partial charge in [-0.15, -0.1) is 0 Å². The van der Waals surface area contributed by atoms with E-state index >= 15 is 0 Å². The largest absolute Gasteiger partial charge is 0.489 e. The molecule has 0 spiro atoms. The van der Waals surface area contributed by atoms with Crippen LogP contribution in [0.1, 0.15) is 36.5 Å². The Morgan fingerprint density at radius 3 is 2.65 bits per heavy atom. The third kappa shape index (κ3) is 4.81. The minimum Gasteiger partial charge on any atom is -0.489 e. The zero-order valence-corrected chi connectivity index (χ0v) is 15.4. The second-order valence-corrected chi connectivity index (χ2v) is 6.29. The SMILES string of the molecule is CCCCn1nnnc1NCc1ccc(OCc2ccccc2C)cc1. The number of hydrogen-bond donors (Lipinski definition) is 1. The zero-order valence-electron chi connectivity index (χ0n) is 15.4. The molecule has 1 heterocycles. The highest BCUT2D eigenvalue weighted by Crippen LogP contribution is 2.16. The molecule has 0 amide bonds. The summed E-state index contributed by atoms with van der Waals surface area (Å²) in [6, 6.07) is 16.4. The van der Waals surface area contributed by atoms with Crippen molar-refractivity contribution in [3.63, 3.8) is 0 Å². The van der Waals surface area contributed by atoms with Crippen molar-refractivity contribution in [3.8, 4) is 5.75 Å². The summed E-state index contributed by atoms with van der Waals surface area (Å²) in [5, 5.41) is 15.1. The van der Waals surface area contributed by atoms with Gasteiger partial charge in [0.05, 0.1) is 0 Å². The maximum atomic E-state index is 5.88. The molecule has 3 aromatic rings. The number of benzene rings is 2. The molecule has 136 valence electrons. The van der Waals surface area contributed by atoms with Gasteiger partial charge in [-0.2, -0.15) is 0 Å². The van der Waals surface area contributed by atoms with Crippen molar-refractivity contribution >= 4 is 5.95 Å². The molecule has 1 aromatic heterocycles. The lowest BCUT2D eigenvalue weighted by Crippen LogP contribution is -2.09. The Morgan fingerprint density at radius 1 is 1.08 bits per heavy atom. The van der Waals surface area contributed by atoms with Crippen molar-refractivity contribution in [2.24, 2.45) is 0 Å². The van der Waals surface area contributed by atoms with Crippen LogP contribution in [0.2, 0.25) is 0 Å². The number of hydrogen-bond acceptors (Lipinski definition) is 5. The van der Waals surface area contributed by atoms with Gasteiger partial charge in [0.25, 0.3) is 0 Å².